The number of esters is 1. The van der Waals surface area contributed by atoms with Gasteiger partial charge in [0.2, 0.25) is 0 Å². The SMILES string of the molecule is COC(=O)[C@H]1CCN[C@H]1C(F)(F)F. The maximum Gasteiger partial charge on any atom is 0.404 e. The van der Waals surface area contributed by atoms with Crippen molar-refractivity contribution in [3.63, 3.8) is 0 Å². The molecule has 0 spiro atoms. The van der Waals surface area contributed by atoms with Gasteiger partial charge in [0, 0.05) is 0 Å². The highest BCUT2D eigenvalue weighted by molar-refractivity contribution is 5.73. The fourth-order valence-electron chi connectivity index (χ4n) is 1.45. The first-order valence-corrected chi connectivity index (χ1v) is 3.84. The molecule has 1 N–H and O–H groups in total. The van der Waals surface area contributed by atoms with Gasteiger partial charge in [-0.2, -0.15) is 13.2 Å². The summed E-state index contributed by atoms with van der Waals surface area (Å²) in [4.78, 5) is 10.9. The summed E-state index contributed by atoms with van der Waals surface area (Å²) in [6, 6.07) is -1.75. The number of halogens is 3. The maximum absolute atomic E-state index is 12.2. The molecule has 0 saturated carbocycles. The minimum Gasteiger partial charge on any atom is -0.469 e. The van der Waals surface area contributed by atoms with Gasteiger partial charge in [-0.3, -0.25) is 4.79 Å². The zero-order valence-corrected chi connectivity index (χ0v) is 7.02. The van der Waals surface area contributed by atoms with E-state index >= 15 is 0 Å². The van der Waals surface area contributed by atoms with Crippen LogP contribution >= 0.6 is 0 Å². The first kappa shape index (κ1) is 10.3. The van der Waals surface area contributed by atoms with Crippen molar-refractivity contribution in [3.05, 3.63) is 0 Å². The summed E-state index contributed by atoms with van der Waals surface area (Å²) in [5.41, 5.74) is 0. The largest absolute Gasteiger partial charge is 0.469 e. The smallest absolute Gasteiger partial charge is 0.404 e. The summed E-state index contributed by atoms with van der Waals surface area (Å²) in [5.74, 6) is -1.89. The molecule has 0 radical (unpaired) electrons. The van der Waals surface area contributed by atoms with Gasteiger partial charge in [0.25, 0.3) is 0 Å². The number of methoxy groups -OCH3 is 1. The van der Waals surface area contributed by atoms with E-state index in [0.717, 1.165) is 7.11 Å². The summed E-state index contributed by atoms with van der Waals surface area (Å²) >= 11 is 0. The molecule has 0 amide bonds. The van der Waals surface area contributed by atoms with Crippen LogP contribution in [0.5, 0.6) is 0 Å². The molecule has 76 valence electrons. The van der Waals surface area contributed by atoms with Crippen LogP contribution in [-0.2, 0) is 9.53 Å². The molecule has 0 aromatic carbocycles. The van der Waals surface area contributed by atoms with Crippen LogP contribution in [0.2, 0.25) is 0 Å². The van der Waals surface area contributed by atoms with Gasteiger partial charge >= 0.3 is 12.1 Å². The summed E-state index contributed by atoms with van der Waals surface area (Å²) in [6.45, 7) is 0.198. The van der Waals surface area contributed by atoms with Gasteiger partial charge in [0.05, 0.1) is 13.0 Å². The molecule has 0 aromatic heterocycles. The zero-order chi connectivity index (χ0) is 10.1. The number of alkyl halides is 3. The molecule has 1 aliphatic rings. The molecule has 0 aliphatic carbocycles. The third-order valence-corrected chi connectivity index (χ3v) is 2.08. The van der Waals surface area contributed by atoms with Crippen LogP contribution in [0, 0.1) is 5.92 Å². The fraction of sp³-hybridized carbons (Fsp3) is 0.857. The molecule has 0 bridgehead atoms. The number of ether oxygens (including phenoxy) is 1. The molecule has 1 fully saturated rings. The first-order valence-electron chi connectivity index (χ1n) is 3.84. The minimum absolute atomic E-state index is 0.177. The normalized spacial score (nSPS) is 28.9. The number of nitrogens with one attached hydrogen (secondary N) is 1. The van der Waals surface area contributed by atoms with Gasteiger partial charge in [-0.05, 0) is 13.0 Å². The number of rotatable bonds is 1. The van der Waals surface area contributed by atoms with E-state index in [2.05, 4.69) is 10.1 Å². The average molecular weight is 197 g/mol. The van der Waals surface area contributed by atoms with Gasteiger partial charge in [-0.25, -0.2) is 0 Å². The van der Waals surface area contributed by atoms with Gasteiger partial charge in [0.15, 0.2) is 0 Å². The number of carbonyl (C=O) groups excluding carboxylic acids is 1. The Bertz CT molecular complexity index is 204. The van der Waals surface area contributed by atoms with Crippen molar-refractivity contribution in [3.8, 4) is 0 Å². The Morgan fingerprint density at radius 2 is 2.15 bits per heavy atom. The van der Waals surface area contributed by atoms with Gasteiger partial charge in [-0.1, -0.05) is 0 Å². The van der Waals surface area contributed by atoms with Crippen molar-refractivity contribution in [1.82, 2.24) is 5.32 Å². The van der Waals surface area contributed by atoms with Crippen molar-refractivity contribution < 1.29 is 22.7 Å². The van der Waals surface area contributed by atoms with Crippen molar-refractivity contribution in [2.24, 2.45) is 5.92 Å². The Kier molecular flexibility index (Phi) is 2.80. The highest BCUT2D eigenvalue weighted by Crippen LogP contribution is 2.31. The van der Waals surface area contributed by atoms with Crippen molar-refractivity contribution in [1.29, 1.82) is 0 Å². The van der Waals surface area contributed by atoms with E-state index in [1.807, 2.05) is 0 Å². The Labute approximate surface area is 73.2 Å². The van der Waals surface area contributed by atoms with E-state index in [1.54, 1.807) is 0 Å². The van der Waals surface area contributed by atoms with Crippen LogP contribution in [-0.4, -0.2) is 31.8 Å². The standard InChI is InChI=1S/C7H10F3NO2/c1-13-6(12)4-2-3-11-5(4)7(8,9)10/h4-5,11H,2-3H2,1H3/t4-,5+/m0/s1. The highest BCUT2D eigenvalue weighted by Gasteiger charge is 2.50. The molecule has 1 aliphatic heterocycles. The van der Waals surface area contributed by atoms with E-state index in [4.69, 9.17) is 0 Å². The molecule has 1 heterocycles. The van der Waals surface area contributed by atoms with E-state index in [9.17, 15) is 18.0 Å². The average Bonchev–Trinajstić information content (AvgIpc) is 2.49. The van der Waals surface area contributed by atoms with Crippen LogP contribution in [0.25, 0.3) is 0 Å². The van der Waals surface area contributed by atoms with Crippen molar-refractivity contribution >= 4 is 5.97 Å². The summed E-state index contributed by atoms with van der Waals surface area (Å²) in [7, 11) is 1.09. The van der Waals surface area contributed by atoms with Crippen molar-refractivity contribution in [2.75, 3.05) is 13.7 Å². The quantitative estimate of drug-likeness (QED) is 0.629. The molecule has 2 atom stereocenters. The lowest BCUT2D eigenvalue weighted by Crippen LogP contribution is -2.44. The predicted octanol–water partition coefficient (Wildman–Crippen LogP) is 0.700. The molecule has 1 rings (SSSR count). The monoisotopic (exact) mass is 197 g/mol. The van der Waals surface area contributed by atoms with Gasteiger partial charge in [-0.15, -0.1) is 0 Å². The third-order valence-electron chi connectivity index (χ3n) is 2.08. The Hall–Kier alpha value is -0.780. The van der Waals surface area contributed by atoms with Crippen LogP contribution in [0.4, 0.5) is 13.2 Å². The van der Waals surface area contributed by atoms with Crippen LogP contribution in [0.15, 0.2) is 0 Å². The third kappa shape index (κ3) is 2.12. The van der Waals surface area contributed by atoms with Gasteiger partial charge < -0.3 is 10.1 Å². The Morgan fingerprint density at radius 3 is 2.62 bits per heavy atom. The summed E-state index contributed by atoms with van der Waals surface area (Å²) in [5, 5.41) is 2.24. The molecular weight excluding hydrogens is 187 g/mol. The Balaban J connectivity index is 2.70. The zero-order valence-electron chi connectivity index (χ0n) is 7.02. The van der Waals surface area contributed by atoms with Crippen LogP contribution in [0.3, 0.4) is 0 Å². The maximum atomic E-state index is 12.2. The lowest BCUT2D eigenvalue weighted by Gasteiger charge is -2.20. The molecule has 1 saturated heterocycles. The number of carbonyl (C=O) groups is 1. The lowest BCUT2D eigenvalue weighted by molar-refractivity contribution is -0.174. The molecule has 0 aromatic rings. The number of hydrogen-bond donors (Lipinski definition) is 1. The predicted molar refractivity (Wildman–Crippen MR) is 38.0 cm³/mol. The summed E-state index contributed by atoms with van der Waals surface area (Å²) < 4.78 is 41.0. The highest BCUT2D eigenvalue weighted by atomic mass is 19.4. The van der Waals surface area contributed by atoms with E-state index in [1.165, 1.54) is 0 Å². The first-order chi connectivity index (χ1) is 5.96. The molecule has 13 heavy (non-hydrogen) atoms. The molecule has 3 nitrogen and oxygen atoms in total. The Morgan fingerprint density at radius 1 is 1.54 bits per heavy atom. The van der Waals surface area contributed by atoms with E-state index in [0.29, 0.717) is 0 Å². The minimum atomic E-state index is -4.38. The van der Waals surface area contributed by atoms with Crippen LogP contribution in [0.1, 0.15) is 6.42 Å². The lowest BCUT2D eigenvalue weighted by atomic mass is 10.0. The summed E-state index contributed by atoms with van der Waals surface area (Å²) in [6.07, 6.45) is -4.20. The fourth-order valence-corrected chi connectivity index (χ4v) is 1.45. The second-order valence-electron chi connectivity index (χ2n) is 2.89. The van der Waals surface area contributed by atoms with E-state index < -0.39 is 24.1 Å². The second kappa shape index (κ2) is 3.53. The van der Waals surface area contributed by atoms with Crippen molar-refractivity contribution in [2.45, 2.75) is 18.6 Å². The molecule has 6 heteroatoms. The van der Waals surface area contributed by atoms with Gasteiger partial charge in [0.1, 0.15) is 6.04 Å². The number of hydrogen-bond acceptors (Lipinski definition) is 3. The van der Waals surface area contributed by atoms with Crippen LogP contribution < -0.4 is 5.32 Å². The second-order valence-corrected chi connectivity index (χ2v) is 2.89. The van der Waals surface area contributed by atoms with E-state index in [-0.39, 0.29) is 13.0 Å². The topological polar surface area (TPSA) is 38.3 Å². The molecule has 0 unspecified atom stereocenters. The molecular formula is C7H10F3NO2.